The van der Waals surface area contributed by atoms with E-state index in [0.717, 1.165) is 11.0 Å². The second-order valence-electron chi connectivity index (χ2n) is 5.73. The lowest BCUT2D eigenvalue weighted by Crippen LogP contribution is -2.43. The summed E-state index contributed by atoms with van der Waals surface area (Å²) in [6, 6.07) is 1.80. The number of nitrogens with zero attached hydrogens (tertiary/aromatic N) is 3. The second kappa shape index (κ2) is 8.35. The number of ether oxygens (including phenoxy) is 1. The maximum atomic E-state index is 13.4. The number of esters is 1. The largest absolute Gasteiger partial charge is 0.466 e. The van der Waals surface area contributed by atoms with Crippen molar-refractivity contribution in [3.8, 4) is 6.07 Å². The third-order valence-electron chi connectivity index (χ3n) is 3.84. The van der Waals surface area contributed by atoms with Gasteiger partial charge in [0, 0.05) is 36.0 Å². The zero-order valence-electron chi connectivity index (χ0n) is 14.3. The summed E-state index contributed by atoms with van der Waals surface area (Å²) in [5.41, 5.74) is 0.428. The van der Waals surface area contributed by atoms with Gasteiger partial charge in [-0.05, 0) is 12.1 Å². The third kappa shape index (κ3) is 5.07. The van der Waals surface area contributed by atoms with Crippen molar-refractivity contribution in [1.29, 1.82) is 5.26 Å². The molecule has 1 aliphatic rings. The molecule has 142 valence electrons. The number of hydrogen-bond donors (Lipinski definition) is 1. The first-order valence-corrected chi connectivity index (χ1v) is 7.82. The van der Waals surface area contributed by atoms with E-state index in [9.17, 15) is 23.2 Å². The van der Waals surface area contributed by atoms with Crippen LogP contribution in [0.25, 0.3) is 6.08 Å². The first-order valence-electron chi connectivity index (χ1n) is 7.82. The number of hydrogen-bond acceptors (Lipinski definition) is 6. The molecule has 8 nitrogen and oxygen atoms in total. The van der Waals surface area contributed by atoms with Crippen LogP contribution in [0.5, 0.6) is 0 Å². The minimum Gasteiger partial charge on any atom is -0.466 e. The van der Waals surface area contributed by atoms with Gasteiger partial charge in [-0.2, -0.15) is 5.26 Å². The molecule has 2 amide bonds. The number of aromatic nitrogens is 1. The lowest BCUT2D eigenvalue weighted by Gasteiger charge is -2.19. The van der Waals surface area contributed by atoms with Gasteiger partial charge in [-0.15, -0.1) is 0 Å². The summed E-state index contributed by atoms with van der Waals surface area (Å²) in [7, 11) is 1.20. The maximum Gasteiger partial charge on any atom is 0.330 e. The van der Waals surface area contributed by atoms with Crippen molar-refractivity contribution in [2.45, 2.75) is 18.4 Å². The Kier molecular flexibility index (Phi) is 6.18. The van der Waals surface area contributed by atoms with Gasteiger partial charge in [0.25, 0.3) is 11.8 Å². The van der Waals surface area contributed by atoms with Crippen molar-refractivity contribution in [2.24, 2.45) is 0 Å². The van der Waals surface area contributed by atoms with Crippen molar-refractivity contribution in [3.05, 3.63) is 35.7 Å². The van der Waals surface area contributed by atoms with E-state index in [2.05, 4.69) is 15.0 Å². The normalized spacial score (nSPS) is 18.1. The number of carbonyl (C=O) groups excluding carboxylic acids is 3. The van der Waals surface area contributed by atoms with Gasteiger partial charge < -0.3 is 15.0 Å². The number of amides is 2. The predicted molar refractivity (Wildman–Crippen MR) is 88.3 cm³/mol. The maximum absolute atomic E-state index is 13.4. The highest BCUT2D eigenvalue weighted by Crippen LogP contribution is 2.31. The van der Waals surface area contributed by atoms with E-state index in [-0.39, 0.29) is 5.56 Å². The van der Waals surface area contributed by atoms with Crippen molar-refractivity contribution in [1.82, 2.24) is 15.2 Å². The number of nitriles is 1. The molecule has 0 aromatic carbocycles. The number of likely N-dealkylation sites (tertiary alicyclic amines) is 1. The zero-order valence-corrected chi connectivity index (χ0v) is 14.3. The minimum atomic E-state index is -3.13. The molecular formula is C17H16F2N4O4. The fourth-order valence-corrected chi connectivity index (χ4v) is 2.52. The number of halogens is 2. The molecule has 1 atom stereocenters. The van der Waals surface area contributed by atoms with Crippen LogP contribution in [0.15, 0.2) is 24.5 Å². The van der Waals surface area contributed by atoms with E-state index in [1.165, 1.54) is 31.6 Å². The molecule has 0 radical (unpaired) electrons. The van der Waals surface area contributed by atoms with Crippen LogP contribution < -0.4 is 5.32 Å². The Balaban J connectivity index is 2.04. The van der Waals surface area contributed by atoms with Crippen molar-refractivity contribution < 1.29 is 27.9 Å². The first-order chi connectivity index (χ1) is 12.8. The van der Waals surface area contributed by atoms with Crippen LogP contribution in [-0.4, -0.2) is 59.8 Å². The van der Waals surface area contributed by atoms with Crippen LogP contribution in [0, 0.1) is 11.3 Å². The van der Waals surface area contributed by atoms with E-state index in [0.29, 0.717) is 5.56 Å². The summed E-state index contributed by atoms with van der Waals surface area (Å²) >= 11 is 0. The predicted octanol–water partition coefficient (Wildman–Crippen LogP) is 0.757. The molecule has 0 aliphatic carbocycles. The number of pyridine rings is 1. The Morgan fingerprint density at radius 1 is 1.52 bits per heavy atom. The molecule has 1 saturated heterocycles. The molecule has 1 aliphatic heterocycles. The quantitative estimate of drug-likeness (QED) is 0.598. The molecule has 1 aromatic heterocycles. The summed E-state index contributed by atoms with van der Waals surface area (Å²) in [6.07, 6.45) is 4.38. The Morgan fingerprint density at radius 3 is 2.93 bits per heavy atom. The minimum absolute atomic E-state index is 0.126. The first kappa shape index (κ1) is 20.0. The number of carbonyl (C=O) groups is 3. The lowest BCUT2D eigenvalue weighted by atomic mass is 10.1. The van der Waals surface area contributed by atoms with Gasteiger partial charge in [-0.1, -0.05) is 0 Å². The van der Waals surface area contributed by atoms with E-state index >= 15 is 0 Å². The van der Waals surface area contributed by atoms with Crippen molar-refractivity contribution >= 4 is 23.9 Å². The van der Waals surface area contributed by atoms with Crippen LogP contribution in [0.3, 0.4) is 0 Å². The Labute approximate surface area is 153 Å². The van der Waals surface area contributed by atoms with Crippen LogP contribution in [0.2, 0.25) is 0 Å². The molecule has 1 aromatic rings. The van der Waals surface area contributed by atoms with Gasteiger partial charge in [0.15, 0.2) is 0 Å². The van der Waals surface area contributed by atoms with E-state index in [1.54, 1.807) is 6.07 Å². The van der Waals surface area contributed by atoms with Gasteiger partial charge in [-0.25, -0.2) is 13.6 Å². The highest BCUT2D eigenvalue weighted by atomic mass is 19.3. The van der Waals surface area contributed by atoms with Crippen LogP contribution >= 0.6 is 0 Å². The van der Waals surface area contributed by atoms with Gasteiger partial charge in [-0.3, -0.25) is 14.6 Å². The Morgan fingerprint density at radius 2 is 2.26 bits per heavy atom. The summed E-state index contributed by atoms with van der Waals surface area (Å²) in [4.78, 5) is 40.2. The van der Waals surface area contributed by atoms with E-state index in [1.807, 2.05) is 0 Å². The van der Waals surface area contributed by atoms with Gasteiger partial charge in [0.2, 0.25) is 5.91 Å². The molecule has 10 heteroatoms. The molecule has 0 spiro atoms. The lowest BCUT2D eigenvalue weighted by molar-refractivity contribution is -0.134. The molecule has 1 fully saturated rings. The van der Waals surface area contributed by atoms with Crippen LogP contribution in [-0.2, 0) is 14.3 Å². The highest BCUT2D eigenvalue weighted by molar-refractivity contribution is 6.00. The number of methoxy groups -OCH3 is 1. The molecular weight excluding hydrogens is 362 g/mol. The van der Waals surface area contributed by atoms with Crippen molar-refractivity contribution in [3.63, 3.8) is 0 Å². The van der Waals surface area contributed by atoms with E-state index in [4.69, 9.17) is 5.26 Å². The smallest absolute Gasteiger partial charge is 0.330 e. The molecule has 2 heterocycles. The molecule has 0 unspecified atom stereocenters. The number of nitrogens with one attached hydrogen (secondary N) is 1. The monoisotopic (exact) mass is 378 g/mol. The standard InChI is InChI=1S/C17H16F2N4O4/c1-27-15(25)3-2-11-8-21-5-4-13(11)16(26)22-9-14(24)23-10-17(18,19)6-12(23)7-20/h2-5,8,12H,6,9-10H2,1H3,(H,22,26)/b3-2+/t12-/m0/s1. The van der Waals surface area contributed by atoms with Crippen LogP contribution in [0.1, 0.15) is 22.3 Å². The molecule has 0 bridgehead atoms. The van der Waals surface area contributed by atoms with Crippen molar-refractivity contribution in [2.75, 3.05) is 20.2 Å². The van der Waals surface area contributed by atoms with Gasteiger partial charge in [0.1, 0.15) is 6.04 Å². The molecule has 27 heavy (non-hydrogen) atoms. The molecule has 0 saturated carbocycles. The van der Waals surface area contributed by atoms with E-state index < -0.39 is 49.3 Å². The molecule has 2 rings (SSSR count). The summed E-state index contributed by atoms with van der Waals surface area (Å²) < 4.78 is 31.3. The SMILES string of the molecule is COC(=O)/C=C/c1cnccc1C(=O)NCC(=O)N1CC(F)(F)C[C@H]1C#N. The number of rotatable bonds is 5. The fraction of sp³-hybridized carbons (Fsp3) is 0.353. The highest BCUT2D eigenvalue weighted by Gasteiger charge is 2.47. The van der Waals surface area contributed by atoms with Gasteiger partial charge in [0.05, 0.1) is 26.3 Å². The zero-order chi connectivity index (χ0) is 20.0. The Hall–Kier alpha value is -3.35. The average Bonchev–Trinajstić information content (AvgIpc) is 2.98. The number of alkyl halides is 2. The van der Waals surface area contributed by atoms with Gasteiger partial charge >= 0.3 is 5.97 Å². The topological polar surface area (TPSA) is 112 Å². The molecule has 1 N–H and O–H groups in total. The summed E-state index contributed by atoms with van der Waals surface area (Å²) in [5, 5.41) is 11.2. The summed E-state index contributed by atoms with van der Waals surface area (Å²) in [6.45, 7) is -1.40. The Bertz CT molecular complexity index is 819. The van der Waals surface area contributed by atoms with Crippen LogP contribution in [0.4, 0.5) is 8.78 Å². The average molecular weight is 378 g/mol. The fourth-order valence-electron chi connectivity index (χ4n) is 2.52. The second-order valence-corrected chi connectivity index (χ2v) is 5.73. The third-order valence-corrected chi connectivity index (χ3v) is 3.84. The summed E-state index contributed by atoms with van der Waals surface area (Å²) in [5.74, 6) is -5.20.